The molecule has 0 atom stereocenters. The SMILES string of the molecule is COc1ccc2[nH]cc(CCN(CCCF)CCCF)c2c1. The van der Waals surface area contributed by atoms with Crippen molar-refractivity contribution in [3.8, 4) is 5.75 Å². The van der Waals surface area contributed by atoms with Gasteiger partial charge < -0.3 is 14.6 Å². The first kappa shape index (κ1) is 16.7. The number of benzene rings is 1. The summed E-state index contributed by atoms with van der Waals surface area (Å²) in [6.07, 6.45) is 3.88. The molecule has 0 radical (unpaired) electrons. The molecule has 1 N–H and O–H groups in total. The first-order valence-corrected chi connectivity index (χ1v) is 7.76. The number of hydrogen-bond acceptors (Lipinski definition) is 2. The topological polar surface area (TPSA) is 28.3 Å². The van der Waals surface area contributed by atoms with E-state index in [1.807, 2.05) is 24.4 Å². The molecular formula is C17H24F2N2O. The number of halogens is 2. The van der Waals surface area contributed by atoms with Crippen LogP contribution in [-0.4, -0.2) is 50.0 Å². The largest absolute Gasteiger partial charge is 0.497 e. The van der Waals surface area contributed by atoms with Gasteiger partial charge in [-0.2, -0.15) is 0 Å². The molecule has 1 heterocycles. The molecule has 0 saturated carbocycles. The van der Waals surface area contributed by atoms with Gasteiger partial charge in [-0.1, -0.05) is 0 Å². The summed E-state index contributed by atoms with van der Waals surface area (Å²) in [5, 5.41) is 1.15. The number of H-pyrrole nitrogens is 1. The van der Waals surface area contributed by atoms with E-state index in [4.69, 9.17) is 4.74 Å². The van der Waals surface area contributed by atoms with Gasteiger partial charge >= 0.3 is 0 Å². The standard InChI is InChI=1S/C17H24F2N2O/c1-22-15-4-5-17-16(12-15)14(13-20-17)6-11-21(9-2-7-18)10-3-8-19/h4-5,12-13,20H,2-3,6-11H2,1H3. The molecule has 122 valence electrons. The maximum atomic E-state index is 12.4. The molecule has 0 aliphatic rings. The Morgan fingerprint density at radius 3 is 2.45 bits per heavy atom. The predicted octanol–water partition coefficient (Wildman–Crippen LogP) is 3.74. The van der Waals surface area contributed by atoms with Crippen molar-refractivity contribution in [2.24, 2.45) is 0 Å². The molecule has 1 aromatic heterocycles. The van der Waals surface area contributed by atoms with Gasteiger partial charge in [0.1, 0.15) is 5.75 Å². The zero-order valence-corrected chi connectivity index (χ0v) is 13.1. The summed E-state index contributed by atoms with van der Waals surface area (Å²) in [4.78, 5) is 5.39. The summed E-state index contributed by atoms with van der Waals surface area (Å²) >= 11 is 0. The van der Waals surface area contributed by atoms with Gasteiger partial charge in [-0.3, -0.25) is 8.78 Å². The average Bonchev–Trinajstić information content (AvgIpc) is 2.96. The molecule has 5 heteroatoms. The average molecular weight is 310 g/mol. The zero-order valence-electron chi connectivity index (χ0n) is 13.1. The number of aromatic nitrogens is 1. The van der Waals surface area contributed by atoms with Crippen molar-refractivity contribution in [1.29, 1.82) is 0 Å². The van der Waals surface area contributed by atoms with Crippen molar-refractivity contribution in [2.45, 2.75) is 19.3 Å². The second-order valence-electron chi connectivity index (χ2n) is 5.40. The van der Waals surface area contributed by atoms with Crippen molar-refractivity contribution in [3.05, 3.63) is 30.0 Å². The normalized spacial score (nSPS) is 11.5. The van der Waals surface area contributed by atoms with Gasteiger partial charge in [0.05, 0.1) is 20.5 Å². The van der Waals surface area contributed by atoms with E-state index in [0.717, 1.165) is 29.6 Å². The van der Waals surface area contributed by atoms with E-state index in [1.165, 1.54) is 5.56 Å². The fourth-order valence-corrected chi connectivity index (χ4v) is 2.67. The van der Waals surface area contributed by atoms with E-state index in [1.54, 1.807) is 7.11 Å². The number of hydrogen-bond donors (Lipinski definition) is 1. The first-order valence-electron chi connectivity index (χ1n) is 7.76. The van der Waals surface area contributed by atoms with E-state index < -0.39 is 0 Å². The van der Waals surface area contributed by atoms with E-state index in [2.05, 4.69) is 9.88 Å². The van der Waals surface area contributed by atoms with Gasteiger partial charge in [0.15, 0.2) is 0 Å². The van der Waals surface area contributed by atoms with E-state index >= 15 is 0 Å². The molecule has 0 fully saturated rings. The van der Waals surface area contributed by atoms with Crippen LogP contribution >= 0.6 is 0 Å². The van der Waals surface area contributed by atoms with Crippen LogP contribution < -0.4 is 4.74 Å². The van der Waals surface area contributed by atoms with Gasteiger partial charge in [-0.05, 0) is 43.0 Å². The summed E-state index contributed by atoms with van der Waals surface area (Å²) in [5.74, 6) is 0.833. The Morgan fingerprint density at radius 2 is 1.82 bits per heavy atom. The fraction of sp³-hybridized carbons (Fsp3) is 0.529. The molecule has 0 aliphatic heterocycles. The number of rotatable bonds is 10. The fourth-order valence-electron chi connectivity index (χ4n) is 2.67. The second-order valence-corrected chi connectivity index (χ2v) is 5.40. The Bertz CT molecular complexity index is 563. The minimum atomic E-state index is -0.323. The number of aromatic amines is 1. The number of fused-ring (bicyclic) bond motifs is 1. The van der Waals surface area contributed by atoms with Gasteiger partial charge in [0.2, 0.25) is 0 Å². The van der Waals surface area contributed by atoms with Crippen molar-refractivity contribution in [3.63, 3.8) is 0 Å². The monoisotopic (exact) mass is 310 g/mol. The number of alkyl halides is 2. The molecule has 1 aromatic carbocycles. The van der Waals surface area contributed by atoms with Crippen LogP contribution in [0.3, 0.4) is 0 Å². The third kappa shape index (κ3) is 4.44. The van der Waals surface area contributed by atoms with Gasteiger partial charge in [0.25, 0.3) is 0 Å². The van der Waals surface area contributed by atoms with Crippen LogP contribution in [0.5, 0.6) is 5.75 Å². The van der Waals surface area contributed by atoms with Gasteiger partial charge in [-0.25, -0.2) is 0 Å². The summed E-state index contributed by atoms with van der Waals surface area (Å²) in [6, 6.07) is 5.95. The minimum absolute atomic E-state index is 0.323. The van der Waals surface area contributed by atoms with Gasteiger partial charge in [-0.15, -0.1) is 0 Å². The smallest absolute Gasteiger partial charge is 0.119 e. The number of nitrogens with zero attached hydrogens (tertiary/aromatic N) is 1. The van der Waals surface area contributed by atoms with Crippen LogP contribution in [0.2, 0.25) is 0 Å². The van der Waals surface area contributed by atoms with Crippen molar-refractivity contribution in [2.75, 3.05) is 40.1 Å². The molecule has 22 heavy (non-hydrogen) atoms. The Labute approximate surface area is 130 Å². The Morgan fingerprint density at radius 1 is 1.09 bits per heavy atom. The molecule has 2 rings (SSSR count). The Balaban J connectivity index is 2.01. The molecule has 0 aliphatic carbocycles. The Hall–Kier alpha value is -1.62. The van der Waals surface area contributed by atoms with Crippen LogP contribution in [0, 0.1) is 0 Å². The van der Waals surface area contributed by atoms with Crippen LogP contribution in [0.25, 0.3) is 10.9 Å². The summed E-state index contributed by atoms with van der Waals surface area (Å²) in [6.45, 7) is 1.53. The van der Waals surface area contributed by atoms with Crippen LogP contribution in [-0.2, 0) is 6.42 Å². The lowest BCUT2D eigenvalue weighted by atomic mass is 10.1. The summed E-state index contributed by atoms with van der Waals surface area (Å²) < 4.78 is 30.0. The van der Waals surface area contributed by atoms with Crippen molar-refractivity contribution >= 4 is 10.9 Å². The highest BCUT2D eigenvalue weighted by molar-refractivity contribution is 5.84. The number of methoxy groups -OCH3 is 1. The van der Waals surface area contributed by atoms with Crippen LogP contribution in [0.4, 0.5) is 8.78 Å². The third-order valence-corrected chi connectivity index (χ3v) is 3.89. The first-order chi connectivity index (χ1) is 10.8. The quantitative estimate of drug-likeness (QED) is 0.724. The molecule has 0 spiro atoms. The summed E-state index contributed by atoms with van der Waals surface area (Å²) in [5.41, 5.74) is 2.29. The maximum Gasteiger partial charge on any atom is 0.119 e. The highest BCUT2D eigenvalue weighted by atomic mass is 19.1. The summed E-state index contributed by atoms with van der Waals surface area (Å²) in [7, 11) is 1.66. The van der Waals surface area contributed by atoms with Gasteiger partial charge in [0, 0.05) is 36.7 Å². The van der Waals surface area contributed by atoms with Crippen LogP contribution in [0.15, 0.2) is 24.4 Å². The van der Waals surface area contributed by atoms with Crippen LogP contribution in [0.1, 0.15) is 18.4 Å². The van der Waals surface area contributed by atoms with E-state index in [9.17, 15) is 8.78 Å². The molecule has 3 nitrogen and oxygen atoms in total. The maximum absolute atomic E-state index is 12.4. The molecular weight excluding hydrogens is 286 g/mol. The lowest BCUT2D eigenvalue weighted by Crippen LogP contribution is -2.29. The van der Waals surface area contributed by atoms with E-state index in [0.29, 0.717) is 25.9 Å². The predicted molar refractivity (Wildman–Crippen MR) is 86.2 cm³/mol. The molecule has 0 bridgehead atoms. The second kappa shape index (κ2) is 8.73. The number of nitrogens with one attached hydrogen (secondary N) is 1. The highest BCUT2D eigenvalue weighted by Gasteiger charge is 2.09. The molecule has 0 saturated heterocycles. The minimum Gasteiger partial charge on any atom is -0.497 e. The Kier molecular flexibility index (Phi) is 6.65. The third-order valence-electron chi connectivity index (χ3n) is 3.89. The highest BCUT2D eigenvalue weighted by Crippen LogP contribution is 2.24. The molecule has 0 amide bonds. The lowest BCUT2D eigenvalue weighted by molar-refractivity contribution is 0.249. The zero-order chi connectivity index (χ0) is 15.8. The van der Waals surface area contributed by atoms with Crippen molar-refractivity contribution in [1.82, 2.24) is 9.88 Å². The molecule has 0 unspecified atom stereocenters. The number of ether oxygens (including phenoxy) is 1. The van der Waals surface area contributed by atoms with Crippen molar-refractivity contribution < 1.29 is 13.5 Å². The molecule has 2 aromatic rings. The lowest BCUT2D eigenvalue weighted by Gasteiger charge is -2.21. The van der Waals surface area contributed by atoms with E-state index in [-0.39, 0.29) is 13.3 Å².